The third-order valence-electron chi connectivity index (χ3n) is 1.52. The van der Waals surface area contributed by atoms with E-state index in [9.17, 15) is 0 Å². The molecule has 0 unspecified atom stereocenters. The zero-order chi connectivity index (χ0) is 11.3. The predicted molar refractivity (Wildman–Crippen MR) is 57.4 cm³/mol. The van der Waals surface area contributed by atoms with Crippen molar-refractivity contribution < 1.29 is 9.47 Å². The second kappa shape index (κ2) is 5.35. The molecular weight excluding hydrogens is 196 g/mol. The summed E-state index contributed by atoms with van der Waals surface area (Å²) in [6, 6.07) is 1.52. The van der Waals surface area contributed by atoms with Crippen LogP contribution in [0.5, 0.6) is 5.88 Å². The van der Waals surface area contributed by atoms with Gasteiger partial charge in [0.1, 0.15) is 12.4 Å². The van der Waals surface area contributed by atoms with Gasteiger partial charge in [-0.2, -0.15) is 9.97 Å². The molecule has 0 spiro atoms. The molecule has 0 atom stereocenters. The van der Waals surface area contributed by atoms with E-state index < -0.39 is 0 Å². The van der Waals surface area contributed by atoms with E-state index in [4.69, 9.17) is 20.9 Å². The zero-order valence-corrected chi connectivity index (χ0v) is 8.93. The van der Waals surface area contributed by atoms with Crippen molar-refractivity contribution in [2.75, 3.05) is 24.7 Å². The number of hydrogen-bond donors (Lipinski definition) is 2. The molecule has 0 aliphatic carbocycles. The maximum absolute atomic E-state index is 5.47. The van der Waals surface area contributed by atoms with Gasteiger partial charge in [-0.15, -0.1) is 0 Å². The van der Waals surface area contributed by atoms with Gasteiger partial charge in [0.05, 0.1) is 12.7 Å². The van der Waals surface area contributed by atoms with Crippen molar-refractivity contribution in [3.8, 4) is 5.88 Å². The van der Waals surface area contributed by atoms with Crippen molar-refractivity contribution in [3.05, 3.63) is 6.07 Å². The third-order valence-corrected chi connectivity index (χ3v) is 1.52. The summed E-state index contributed by atoms with van der Waals surface area (Å²) < 4.78 is 10.6. The maximum Gasteiger partial charge on any atom is 0.225 e. The first kappa shape index (κ1) is 11.5. The summed E-state index contributed by atoms with van der Waals surface area (Å²) >= 11 is 0. The van der Waals surface area contributed by atoms with Crippen molar-refractivity contribution in [3.63, 3.8) is 0 Å². The lowest BCUT2D eigenvalue weighted by molar-refractivity contribution is 0.0543. The van der Waals surface area contributed by atoms with Gasteiger partial charge in [0, 0.05) is 6.07 Å². The molecule has 0 fully saturated rings. The van der Waals surface area contributed by atoms with Gasteiger partial charge in [0.15, 0.2) is 0 Å². The quantitative estimate of drug-likeness (QED) is 0.688. The average Bonchev–Trinajstić information content (AvgIpc) is 2.10. The second-order valence-corrected chi connectivity index (χ2v) is 3.26. The molecule has 1 rings (SSSR count). The SMILES string of the molecule is CC(C)OCCOc1cc(N)nc(N)n1. The van der Waals surface area contributed by atoms with Gasteiger partial charge >= 0.3 is 0 Å². The zero-order valence-electron chi connectivity index (χ0n) is 8.93. The highest BCUT2D eigenvalue weighted by atomic mass is 16.5. The highest BCUT2D eigenvalue weighted by molar-refractivity contribution is 5.38. The van der Waals surface area contributed by atoms with Crippen LogP contribution in [0.15, 0.2) is 6.07 Å². The smallest absolute Gasteiger partial charge is 0.225 e. The van der Waals surface area contributed by atoms with E-state index >= 15 is 0 Å². The lowest BCUT2D eigenvalue weighted by Crippen LogP contribution is -2.12. The van der Waals surface area contributed by atoms with E-state index in [1.807, 2.05) is 13.8 Å². The molecule has 84 valence electrons. The minimum atomic E-state index is 0.106. The van der Waals surface area contributed by atoms with E-state index in [2.05, 4.69) is 9.97 Å². The Kier molecular flexibility index (Phi) is 4.11. The fourth-order valence-corrected chi connectivity index (χ4v) is 0.965. The molecule has 6 heteroatoms. The Balaban J connectivity index is 2.37. The summed E-state index contributed by atoms with van der Waals surface area (Å²) in [6.07, 6.45) is 0.189. The van der Waals surface area contributed by atoms with Crippen molar-refractivity contribution in [1.29, 1.82) is 0 Å². The molecule has 0 radical (unpaired) electrons. The summed E-state index contributed by atoms with van der Waals surface area (Å²) in [6.45, 7) is 4.83. The van der Waals surface area contributed by atoms with Crippen molar-refractivity contribution >= 4 is 11.8 Å². The molecule has 0 saturated carbocycles. The molecule has 0 amide bonds. The van der Waals surface area contributed by atoms with Crippen LogP contribution in [0, 0.1) is 0 Å². The lowest BCUT2D eigenvalue weighted by Gasteiger charge is -2.08. The fraction of sp³-hybridized carbons (Fsp3) is 0.556. The summed E-state index contributed by atoms with van der Waals surface area (Å²) in [4.78, 5) is 7.58. The number of aromatic nitrogens is 2. The van der Waals surface area contributed by atoms with Crippen molar-refractivity contribution in [1.82, 2.24) is 9.97 Å². The fourth-order valence-electron chi connectivity index (χ4n) is 0.965. The van der Waals surface area contributed by atoms with Crippen LogP contribution in [-0.2, 0) is 4.74 Å². The first-order valence-electron chi connectivity index (χ1n) is 4.72. The van der Waals surface area contributed by atoms with Gasteiger partial charge in [0.2, 0.25) is 11.8 Å². The van der Waals surface area contributed by atoms with E-state index in [1.165, 1.54) is 6.07 Å². The summed E-state index contributed by atoms with van der Waals surface area (Å²) in [5, 5.41) is 0. The predicted octanol–water partition coefficient (Wildman–Crippen LogP) is 0.445. The van der Waals surface area contributed by atoms with Crippen LogP contribution in [0.3, 0.4) is 0 Å². The van der Waals surface area contributed by atoms with Gasteiger partial charge in [-0.25, -0.2) is 0 Å². The van der Waals surface area contributed by atoms with Crippen LogP contribution in [0.4, 0.5) is 11.8 Å². The van der Waals surface area contributed by atoms with E-state index in [-0.39, 0.29) is 12.1 Å². The molecule has 0 aromatic carbocycles. The van der Waals surface area contributed by atoms with Gasteiger partial charge < -0.3 is 20.9 Å². The molecular formula is C9H16N4O2. The monoisotopic (exact) mass is 212 g/mol. The second-order valence-electron chi connectivity index (χ2n) is 3.26. The first-order chi connectivity index (χ1) is 7.08. The highest BCUT2D eigenvalue weighted by Crippen LogP contribution is 2.11. The number of anilines is 2. The number of hydrogen-bond acceptors (Lipinski definition) is 6. The number of nitrogens with zero attached hydrogens (tertiary/aromatic N) is 2. The summed E-state index contributed by atoms with van der Waals surface area (Å²) in [7, 11) is 0. The van der Waals surface area contributed by atoms with E-state index in [0.29, 0.717) is 24.9 Å². The Morgan fingerprint density at radius 1 is 1.27 bits per heavy atom. The van der Waals surface area contributed by atoms with Gasteiger partial charge in [0.25, 0.3) is 0 Å². The molecule has 1 aromatic rings. The number of nitrogens with two attached hydrogens (primary N) is 2. The molecule has 15 heavy (non-hydrogen) atoms. The van der Waals surface area contributed by atoms with E-state index in [0.717, 1.165) is 0 Å². The average molecular weight is 212 g/mol. The minimum Gasteiger partial charge on any atom is -0.475 e. The van der Waals surface area contributed by atoms with Gasteiger partial charge in [-0.3, -0.25) is 0 Å². The Morgan fingerprint density at radius 2 is 2.00 bits per heavy atom. The van der Waals surface area contributed by atoms with Crippen molar-refractivity contribution in [2.24, 2.45) is 0 Å². The van der Waals surface area contributed by atoms with Crippen molar-refractivity contribution in [2.45, 2.75) is 20.0 Å². The van der Waals surface area contributed by atoms with Crippen LogP contribution < -0.4 is 16.2 Å². The van der Waals surface area contributed by atoms with Crippen LogP contribution in [-0.4, -0.2) is 29.3 Å². The summed E-state index contributed by atoms with van der Waals surface area (Å²) in [5.74, 6) is 0.768. The number of rotatable bonds is 5. The van der Waals surface area contributed by atoms with E-state index in [1.54, 1.807) is 0 Å². The molecule has 1 heterocycles. The highest BCUT2D eigenvalue weighted by Gasteiger charge is 2.00. The largest absolute Gasteiger partial charge is 0.475 e. The Bertz CT molecular complexity index is 297. The van der Waals surface area contributed by atoms with Crippen LogP contribution in [0.1, 0.15) is 13.8 Å². The standard InChI is InChI=1S/C9H16N4O2/c1-6(2)14-3-4-15-8-5-7(10)12-9(11)13-8/h5-6H,3-4H2,1-2H3,(H4,10,11,12,13). The van der Waals surface area contributed by atoms with Gasteiger partial charge in [-0.1, -0.05) is 0 Å². The topological polar surface area (TPSA) is 96.3 Å². The molecule has 6 nitrogen and oxygen atoms in total. The normalized spacial score (nSPS) is 10.6. The Morgan fingerprint density at radius 3 is 2.60 bits per heavy atom. The van der Waals surface area contributed by atoms with Crippen LogP contribution in [0.25, 0.3) is 0 Å². The molecule has 0 aliphatic heterocycles. The number of nitrogen functional groups attached to an aromatic ring is 2. The summed E-state index contributed by atoms with van der Waals surface area (Å²) in [5.41, 5.74) is 10.9. The molecule has 1 aromatic heterocycles. The van der Waals surface area contributed by atoms with Crippen LogP contribution >= 0.6 is 0 Å². The number of ether oxygens (including phenoxy) is 2. The molecule has 0 aliphatic rings. The van der Waals surface area contributed by atoms with Gasteiger partial charge in [-0.05, 0) is 13.8 Å². The minimum absolute atomic E-state index is 0.106. The first-order valence-corrected chi connectivity index (χ1v) is 4.72. The maximum atomic E-state index is 5.47. The lowest BCUT2D eigenvalue weighted by atomic mass is 10.5. The van der Waals surface area contributed by atoms with Crippen LogP contribution in [0.2, 0.25) is 0 Å². The third kappa shape index (κ3) is 4.46. The molecule has 4 N–H and O–H groups in total. The Hall–Kier alpha value is -1.56. The molecule has 0 bridgehead atoms. The Labute approximate surface area is 88.6 Å². The molecule has 0 saturated heterocycles.